The van der Waals surface area contributed by atoms with E-state index in [4.69, 9.17) is 0 Å². The third-order valence-corrected chi connectivity index (χ3v) is 3.83. The van der Waals surface area contributed by atoms with Gasteiger partial charge in [-0.2, -0.15) is 9.47 Å². The van der Waals surface area contributed by atoms with E-state index in [0.29, 0.717) is 11.5 Å². The molecular weight excluding hydrogens is 312 g/mol. The Balaban J connectivity index is 1.55. The highest BCUT2D eigenvalue weighted by atomic mass is 32.1. The first kappa shape index (κ1) is 15.2. The standard InChI is InChI=1S/C15H16N6OS/c1-11(8-21-10-16-9-17-21)18-15(22)19-14-7-13(20-23-14)12-5-3-2-4-6-12/h2-7,9-11H,8H2,1H3,(H2,18,19,22)/t11-/m1/s1. The summed E-state index contributed by atoms with van der Waals surface area (Å²) in [6.07, 6.45) is 3.08. The van der Waals surface area contributed by atoms with Gasteiger partial charge in [-0.15, -0.1) is 0 Å². The lowest BCUT2D eigenvalue weighted by Crippen LogP contribution is -2.38. The molecule has 3 rings (SSSR count). The Kier molecular flexibility index (Phi) is 4.62. The van der Waals surface area contributed by atoms with Crippen LogP contribution >= 0.6 is 11.5 Å². The van der Waals surface area contributed by atoms with Crippen molar-refractivity contribution in [2.24, 2.45) is 0 Å². The van der Waals surface area contributed by atoms with Crippen LogP contribution in [-0.4, -0.2) is 31.2 Å². The van der Waals surface area contributed by atoms with Crippen molar-refractivity contribution in [3.05, 3.63) is 49.1 Å². The zero-order valence-corrected chi connectivity index (χ0v) is 13.3. The molecule has 0 bridgehead atoms. The molecule has 0 aliphatic carbocycles. The molecule has 1 aromatic carbocycles. The SMILES string of the molecule is C[C@H](Cn1cncn1)NC(=O)Nc1cc(-c2ccccc2)ns1. The molecule has 118 valence electrons. The van der Waals surface area contributed by atoms with Gasteiger partial charge in [-0.3, -0.25) is 10.00 Å². The summed E-state index contributed by atoms with van der Waals surface area (Å²) < 4.78 is 6.03. The molecule has 0 saturated heterocycles. The summed E-state index contributed by atoms with van der Waals surface area (Å²) in [7, 11) is 0. The Bertz CT molecular complexity index is 755. The number of anilines is 1. The number of urea groups is 1. The molecule has 8 heteroatoms. The first-order chi connectivity index (χ1) is 11.2. The van der Waals surface area contributed by atoms with Gasteiger partial charge < -0.3 is 5.32 Å². The van der Waals surface area contributed by atoms with Crippen molar-refractivity contribution in [1.29, 1.82) is 0 Å². The molecule has 7 nitrogen and oxygen atoms in total. The van der Waals surface area contributed by atoms with Crippen LogP contribution in [0.3, 0.4) is 0 Å². The fourth-order valence-electron chi connectivity index (χ4n) is 2.10. The second kappa shape index (κ2) is 7.01. The molecule has 0 spiro atoms. The molecule has 2 amide bonds. The molecule has 3 aromatic rings. The van der Waals surface area contributed by atoms with E-state index in [1.807, 2.05) is 43.3 Å². The van der Waals surface area contributed by atoms with E-state index in [1.54, 1.807) is 11.0 Å². The van der Waals surface area contributed by atoms with Crippen LogP contribution in [0.5, 0.6) is 0 Å². The van der Waals surface area contributed by atoms with Gasteiger partial charge in [-0.05, 0) is 18.5 Å². The van der Waals surface area contributed by atoms with Gasteiger partial charge in [0.1, 0.15) is 17.7 Å². The highest BCUT2D eigenvalue weighted by Gasteiger charge is 2.11. The minimum absolute atomic E-state index is 0.0711. The van der Waals surface area contributed by atoms with Gasteiger partial charge in [0.25, 0.3) is 0 Å². The molecule has 0 aliphatic rings. The van der Waals surface area contributed by atoms with E-state index < -0.39 is 0 Å². The number of rotatable bonds is 5. The molecule has 2 aromatic heterocycles. The topological polar surface area (TPSA) is 84.7 Å². The largest absolute Gasteiger partial charge is 0.334 e. The fourth-order valence-corrected chi connectivity index (χ4v) is 2.76. The first-order valence-corrected chi connectivity index (χ1v) is 7.90. The summed E-state index contributed by atoms with van der Waals surface area (Å²) in [6, 6.07) is 11.4. The lowest BCUT2D eigenvalue weighted by Gasteiger charge is -2.13. The number of nitrogens with one attached hydrogen (secondary N) is 2. The fraction of sp³-hybridized carbons (Fsp3) is 0.200. The maximum Gasteiger partial charge on any atom is 0.320 e. The molecule has 0 radical (unpaired) electrons. The molecule has 0 fully saturated rings. The van der Waals surface area contributed by atoms with Gasteiger partial charge >= 0.3 is 6.03 Å². The lowest BCUT2D eigenvalue weighted by atomic mass is 10.2. The molecule has 0 saturated carbocycles. The van der Waals surface area contributed by atoms with Gasteiger partial charge in [0.15, 0.2) is 0 Å². The van der Waals surface area contributed by atoms with Crippen LogP contribution < -0.4 is 10.6 Å². The van der Waals surface area contributed by atoms with Gasteiger partial charge in [0, 0.05) is 17.7 Å². The summed E-state index contributed by atoms with van der Waals surface area (Å²) >= 11 is 1.26. The average Bonchev–Trinajstić information content (AvgIpc) is 3.20. The normalized spacial score (nSPS) is 11.9. The molecular formula is C15H16N6OS. The van der Waals surface area contributed by atoms with Crippen LogP contribution in [0, 0.1) is 0 Å². The summed E-state index contributed by atoms with van der Waals surface area (Å²) in [5.74, 6) is 0. The van der Waals surface area contributed by atoms with E-state index in [1.165, 1.54) is 17.9 Å². The van der Waals surface area contributed by atoms with Gasteiger partial charge in [0.2, 0.25) is 0 Å². The summed E-state index contributed by atoms with van der Waals surface area (Å²) in [4.78, 5) is 15.9. The Labute approximate surface area is 137 Å². The van der Waals surface area contributed by atoms with Crippen LogP contribution in [0.15, 0.2) is 49.1 Å². The Morgan fingerprint density at radius 3 is 2.91 bits per heavy atom. The van der Waals surface area contributed by atoms with Crippen molar-refractivity contribution in [1.82, 2.24) is 24.5 Å². The second-order valence-electron chi connectivity index (χ2n) is 5.06. The summed E-state index contributed by atoms with van der Waals surface area (Å²) in [5.41, 5.74) is 1.87. The van der Waals surface area contributed by atoms with Crippen molar-refractivity contribution in [2.75, 3.05) is 5.32 Å². The number of benzene rings is 1. The van der Waals surface area contributed by atoms with E-state index in [-0.39, 0.29) is 12.1 Å². The first-order valence-electron chi connectivity index (χ1n) is 7.13. The van der Waals surface area contributed by atoms with E-state index >= 15 is 0 Å². The molecule has 1 atom stereocenters. The van der Waals surface area contributed by atoms with E-state index in [9.17, 15) is 4.79 Å². The minimum atomic E-state index is -0.263. The van der Waals surface area contributed by atoms with Crippen LogP contribution in [0.25, 0.3) is 11.3 Å². The summed E-state index contributed by atoms with van der Waals surface area (Å²) in [5, 5.41) is 10.4. The summed E-state index contributed by atoms with van der Waals surface area (Å²) in [6.45, 7) is 2.47. The highest BCUT2D eigenvalue weighted by molar-refractivity contribution is 7.10. The van der Waals surface area contributed by atoms with Crippen molar-refractivity contribution in [3.8, 4) is 11.3 Å². The third-order valence-electron chi connectivity index (χ3n) is 3.12. The quantitative estimate of drug-likeness (QED) is 0.754. The van der Waals surface area contributed by atoms with E-state index in [2.05, 4.69) is 25.1 Å². The van der Waals surface area contributed by atoms with Gasteiger partial charge in [-0.25, -0.2) is 9.78 Å². The predicted octanol–water partition coefficient (Wildman–Crippen LogP) is 2.61. The van der Waals surface area contributed by atoms with Crippen molar-refractivity contribution < 1.29 is 4.79 Å². The molecule has 2 heterocycles. The number of nitrogens with zero attached hydrogens (tertiary/aromatic N) is 4. The average molecular weight is 328 g/mol. The number of carbonyl (C=O) groups is 1. The lowest BCUT2D eigenvalue weighted by molar-refractivity contribution is 0.247. The van der Waals surface area contributed by atoms with Gasteiger partial charge in [0.05, 0.1) is 12.2 Å². The van der Waals surface area contributed by atoms with Crippen molar-refractivity contribution >= 4 is 22.6 Å². The van der Waals surface area contributed by atoms with Gasteiger partial charge in [-0.1, -0.05) is 30.3 Å². The number of aromatic nitrogens is 4. The maximum absolute atomic E-state index is 12.0. The predicted molar refractivity (Wildman–Crippen MR) is 89.2 cm³/mol. The molecule has 0 unspecified atom stereocenters. The smallest absolute Gasteiger partial charge is 0.320 e. The Morgan fingerprint density at radius 1 is 1.35 bits per heavy atom. The zero-order valence-electron chi connectivity index (χ0n) is 12.5. The third kappa shape index (κ3) is 4.13. The molecule has 0 aliphatic heterocycles. The van der Waals surface area contributed by atoms with Crippen molar-refractivity contribution in [2.45, 2.75) is 19.5 Å². The van der Waals surface area contributed by atoms with Crippen LogP contribution in [0.2, 0.25) is 0 Å². The number of carbonyl (C=O) groups excluding carboxylic acids is 1. The number of hydrogen-bond donors (Lipinski definition) is 2. The number of amides is 2. The van der Waals surface area contributed by atoms with E-state index in [0.717, 1.165) is 11.3 Å². The van der Waals surface area contributed by atoms with Crippen LogP contribution in [0.4, 0.5) is 9.80 Å². The monoisotopic (exact) mass is 328 g/mol. The molecule has 2 N–H and O–H groups in total. The highest BCUT2D eigenvalue weighted by Crippen LogP contribution is 2.24. The number of hydrogen-bond acceptors (Lipinski definition) is 5. The Hall–Kier alpha value is -2.74. The van der Waals surface area contributed by atoms with Crippen molar-refractivity contribution in [3.63, 3.8) is 0 Å². The second-order valence-corrected chi connectivity index (χ2v) is 5.86. The van der Waals surface area contributed by atoms with Crippen LogP contribution in [-0.2, 0) is 6.54 Å². The van der Waals surface area contributed by atoms with Crippen LogP contribution in [0.1, 0.15) is 6.92 Å². The Morgan fingerprint density at radius 2 is 2.17 bits per heavy atom. The minimum Gasteiger partial charge on any atom is -0.334 e. The molecule has 23 heavy (non-hydrogen) atoms. The zero-order chi connectivity index (χ0) is 16.1. The maximum atomic E-state index is 12.0.